The van der Waals surface area contributed by atoms with Gasteiger partial charge in [0.05, 0.1) is 0 Å². The number of ether oxygens (including phenoxy) is 1. The molecule has 0 radical (unpaired) electrons. The standard InChI is InChI=1S/C12H15NO2/c1-4-9(2)10-7-5-6-8-11(10)15-12(14)13-3/h4-9H,1H2,2-3H3,(H,13,14). The Morgan fingerprint density at radius 3 is 2.80 bits per heavy atom. The van der Waals surface area contributed by atoms with Crippen LogP contribution in [-0.4, -0.2) is 13.1 Å². The largest absolute Gasteiger partial charge is 0.412 e. The number of rotatable bonds is 3. The second-order valence-electron chi connectivity index (χ2n) is 3.20. The molecule has 1 rings (SSSR count). The molecule has 0 saturated heterocycles. The maximum Gasteiger partial charge on any atom is 0.412 e. The molecule has 0 fully saturated rings. The summed E-state index contributed by atoms with van der Waals surface area (Å²) in [6, 6.07) is 7.43. The molecule has 15 heavy (non-hydrogen) atoms. The van der Waals surface area contributed by atoms with E-state index < -0.39 is 6.09 Å². The SMILES string of the molecule is C=CC(C)c1ccccc1OC(=O)NC. The van der Waals surface area contributed by atoms with E-state index in [1.807, 2.05) is 31.2 Å². The highest BCUT2D eigenvalue weighted by Crippen LogP contribution is 2.26. The molecule has 0 saturated carbocycles. The van der Waals surface area contributed by atoms with Crippen molar-refractivity contribution >= 4 is 6.09 Å². The zero-order valence-electron chi connectivity index (χ0n) is 8.99. The predicted molar refractivity (Wildman–Crippen MR) is 60.1 cm³/mol. The summed E-state index contributed by atoms with van der Waals surface area (Å²) in [6.07, 6.45) is 1.35. The van der Waals surface area contributed by atoms with Crippen LogP contribution in [0.25, 0.3) is 0 Å². The highest BCUT2D eigenvalue weighted by Gasteiger charge is 2.10. The van der Waals surface area contributed by atoms with Crippen molar-refractivity contribution in [2.45, 2.75) is 12.8 Å². The lowest BCUT2D eigenvalue weighted by Crippen LogP contribution is -2.22. The number of carbonyl (C=O) groups excluding carboxylic acids is 1. The Labute approximate surface area is 89.8 Å². The first kappa shape index (κ1) is 11.3. The van der Waals surface area contributed by atoms with Crippen LogP contribution in [0.3, 0.4) is 0 Å². The average molecular weight is 205 g/mol. The van der Waals surface area contributed by atoms with Crippen LogP contribution in [-0.2, 0) is 0 Å². The molecular formula is C12H15NO2. The monoisotopic (exact) mass is 205 g/mol. The Balaban J connectivity index is 2.95. The molecule has 1 aromatic carbocycles. The summed E-state index contributed by atoms with van der Waals surface area (Å²) in [5, 5.41) is 2.41. The minimum absolute atomic E-state index is 0.158. The minimum Gasteiger partial charge on any atom is -0.410 e. The van der Waals surface area contributed by atoms with Gasteiger partial charge in [-0.2, -0.15) is 0 Å². The Hall–Kier alpha value is -1.77. The third-order valence-corrected chi connectivity index (χ3v) is 2.17. The van der Waals surface area contributed by atoms with Crippen molar-refractivity contribution in [1.82, 2.24) is 5.32 Å². The molecule has 1 amide bonds. The van der Waals surface area contributed by atoms with Crippen LogP contribution in [0.1, 0.15) is 18.4 Å². The van der Waals surface area contributed by atoms with Gasteiger partial charge in [0.1, 0.15) is 5.75 Å². The van der Waals surface area contributed by atoms with E-state index in [-0.39, 0.29) is 5.92 Å². The number of benzene rings is 1. The van der Waals surface area contributed by atoms with E-state index in [1.54, 1.807) is 6.07 Å². The van der Waals surface area contributed by atoms with Gasteiger partial charge < -0.3 is 10.1 Å². The first-order chi connectivity index (χ1) is 7.19. The van der Waals surface area contributed by atoms with E-state index in [9.17, 15) is 4.79 Å². The van der Waals surface area contributed by atoms with E-state index >= 15 is 0 Å². The van der Waals surface area contributed by atoms with Gasteiger partial charge in [0.2, 0.25) is 0 Å². The third-order valence-electron chi connectivity index (χ3n) is 2.17. The smallest absolute Gasteiger partial charge is 0.410 e. The Kier molecular flexibility index (Phi) is 3.92. The van der Waals surface area contributed by atoms with E-state index in [4.69, 9.17) is 4.74 Å². The number of para-hydroxylation sites is 1. The maximum absolute atomic E-state index is 11.1. The summed E-state index contributed by atoms with van der Waals surface area (Å²) in [6.45, 7) is 5.72. The van der Waals surface area contributed by atoms with Crippen LogP contribution < -0.4 is 10.1 Å². The molecule has 0 aliphatic carbocycles. The summed E-state index contributed by atoms with van der Waals surface area (Å²) in [4.78, 5) is 11.1. The van der Waals surface area contributed by atoms with Gasteiger partial charge in [0.15, 0.2) is 0 Å². The van der Waals surface area contributed by atoms with Gasteiger partial charge >= 0.3 is 6.09 Å². The summed E-state index contributed by atoms with van der Waals surface area (Å²) < 4.78 is 5.12. The van der Waals surface area contributed by atoms with Gasteiger partial charge in [-0.15, -0.1) is 6.58 Å². The molecule has 0 aliphatic rings. The van der Waals surface area contributed by atoms with Gasteiger partial charge in [-0.3, -0.25) is 0 Å². The Bertz CT molecular complexity index is 360. The van der Waals surface area contributed by atoms with Crippen molar-refractivity contribution in [2.75, 3.05) is 7.05 Å². The molecule has 80 valence electrons. The fraction of sp³-hybridized carbons (Fsp3) is 0.250. The van der Waals surface area contributed by atoms with Gasteiger partial charge in [-0.1, -0.05) is 31.2 Å². The Morgan fingerprint density at radius 2 is 2.20 bits per heavy atom. The fourth-order valence-electron chi connectivity index (χ4n) is 1.23. The lowest BCUT2D eigenvalue weighted by molar-refractivity contribution is 0.202. The lowest BCUT2D eigenvalue weighted by Gasteiger charge is -2.12. The second kappa shape index (κ2) is 5.20. The minimum atomic E-state index is -0.460. The number of hydrogen-bond acceptors (Lipinski definition) is 2. The van der Waals surface area contributed by atoms with E-state index in [0.717, 1.165) is 5.56 Å². The van der Waals surface area contributed by atoms with Crippen LogP contribution in [0, 0.1) is 0 Å². The second-order valence-corrected chi connectivity index (χ2v) is 3.20. The van der Waals surface area contributed by atoms with Gasteiger partial charge in [0.25, 0.3) is 0 Å². The number of amides is 1. The van der Waals surface area contributed by atoms with E-state index in [0.29, 0.717) is 5.75 Å². The van der Waals surface area contributed by atoms with Crippen molar-refractivity contribution < 1.29 is 9.53 Å². The summed E-state index contributed by atoms with van der Waals surface area (Å²) in [5.41, 5.74) is 0.955. The van der Waals surface area contributed by atoms with Crippen LogP contribution in [0.15, 0.2) is 36.9 Å². The fourth-order valence-corrected chi connectivity index (χ4v) is 1.23. The van der Waals surface area contributed by atoms with Crippen LogP contribution in [0.2, 0.25) is 0 Å². The van der Waals surface area contributed by atoms with Crippen molar-refractivity contribution in [3.63, 3.8) is 0 Å². The molecule has 1 N–H and O–H groups in total. The van der Waals surface area contributed by atoms with Crippen molar-refractivity contribution in [1.29, 1.82) is 0 Å². The molecule has 3 nitrogen and oxygen atoms in total. The Morgan fingerprint density at radius 1 is 1.53 bits per heavy atom. The van der Waals surface area contributed by atoms with Crippen LogP contribution in [0.5, 0.6) is 5.75 Å². The molecule has 1 unspecified atom stereocenters. The normalized spacial score (nSPS) is 11.6. The van der Waals surface area contributed by atoms with Gasteiger partial charge in [-0.25, -0.2) is 4.79 Å². The molecular weight excluding hydrogens is 190 g/mol. The average Bonchev–Trinajstić information content (AvgIpc) is 2.28. The highest BCUT2D eigenvalue weighted by molar-refractivity contribution is 5.70. The number of allylic oxidation sites excluding steroid dienone is 1. The molecule has 0 aromatic heterocycles. The van der Waals surface area contributed by atoms with Gasteiger partial charge in [0, 0.05) is 18.5 Å². The van der Waals surface area contributed by atoms with Crippen LogP contribution in [0.4, 0.5) is 4.79 Å². The molecule has 1 atom stereocenters. The third kappa shape index (κ3) is 2.84. The van der Waals surface area contributed by atoms with Crippen molar-refractivity contribution in [3.05, 3.63) is 42.5 Å². The predicted octanol–water partition coefficient (Wildman–Crippen LogP) is 2.69. The topological polar surface area (TPSA) is 38.3 Å². The summed E-state index contributed by atoms with van der Waals surface area (Å²) >= 11 is 0. The molecule has 1 aromatic rings. The number of carbonyl (C=O) groups is 1. The first-order valence-electron chi connectivity index (χ1n) is 4.80. The first-order valence-corrected chi connectivity index (χ1v) is 4.80. The maximum atomic E-state index is 11.1. The van der Waals surface area contributed by atoms with Crippen molar-refractivity contribution in [3.8, 4) is 5.75 Å². The van der Waals surface area contributed by atoms with Gasteiger partial charge in [-0.05, 0) is 6.07 Å². The van der Waals surface area contributed by atoms with Crippen LogP contribution >= 0.6 is 0 Å². The lowest BCUT2D eigenvalue weighted by atomic mass is 10.0. The zero-order valence-corrected chi connectivity index (χ0v) is 8.99. The van der Waals surface area contributed by atoms with E-state index in [2.05, 4.69) is 11.9 Å². The summed E-state index contributed by atoms with van der Waals surface area (Å²) in [5.74, 6) is 0.732. The highest BCUT2D eigenvalue weighted by atomic mass is 16.6. The molecule has 0 bridgehead atoms. The number of nitrogens with one attached hydrogen (secondary N) is 1. The zero-order chi connectivity index (χ0) is 11.3. The molecule has 0 aliphatic heterocycles. The molecule has 3 heteroatoms. The van der Waals surface area contributed by atoms with Crippen molar-refractivity contribution in [2.24, 2.45) is 0 Å². The quantitative estimate of drug-likeness (QED) is 0.770. The van der Waals surface area contributed by atoms with E-state index in [1.165, 1.54) is 7.05 Å². The number of hydrogen-bond donors (Lipinski definition) is 1. The summed E-state index contributed by atoms with van der Waals surface area (Å²) in [7, 11) is 1.53. The molecule has 0 spiro atoms. The molecule has 0 heterocycles.